The van der Waals surface area contributed by atoms with Crippen LogP contribution in [0.15, 0.2) is 59.2 Å². The first-order valence-corrected chi connectivity index (χ1v) is 12.2. The van der Waals surface area contributed by atoms with Crippen LogP contribution >= 0.6 is 11.3 Å². The number of hydrogen-bond donors (Lipinski definition) is 2. The lowest BCUT2D eigenvalue weighted by molar-refractivity contribution is 0.0685. The van der Waals surface area contributed by atoms with Gasteiger partial charge < -0.3 is 20.4 Å². The standard InChI is InChI=1S/C26H24N4O3S/c1-14-4-2-5-15(10-14)23-22(29-26(27)34-23)25(32)30-17(11-16-12-20(16)30)13-28-24(31)19-6-3-7-21-18(19)8-9-33-21/h2-10,16-17,20H,11-13H2,1H3,(H2,27,29)(H,28,31)/t16?,17-,20?/m0/s1. The Morgan fingerprint density at radius 3 is 2.91 bits per heavy atom. The second-order valence-electron chi connectivity index (χ2n) is 9.11. The Balaban J connectivity index is 1.23. The summed E-state index contributed by atoms with van der Waals surface area (Å²) in [6, 6.07) is 15.4. The van der Waals surface area contributed by atoms with Gasteiger partial charge >= 0.3 is 0 Å². The number of aryl methyl sites for hydroxylation is 1. The quantitative estimate of drug-likeness (QED) is 0.446. The van der Waals surface area contributed by atoms with Crippen LogP contribution in [0.3, 0.4) is 0 Å². The summed E-state index contributed by atoms with van der Waals surface area (Å²) >= 11 is 1.34. The van der Waals surface area contributed by atoms with E-state index in [1.165, 1.54) is 11.3 Å². The number of rotatable bonds is 5. The lowest BCUT2D eigenvalue weighted by Crippen LogP contribution is -2.45. The maximum Gasteiger partial charge on any atom is 0.274 e. The normalized spacial score (nSPS) is 21.0. The summed E-state index contributed by atoms with van der Waals surface area (Å²) in [5.41, 5.74) is 9.75. The highest BCUT2D eigenvalue weighted by Crippen LogP contribution is 2.49. The summed E-state index contributed by atoms with van der Waals surface area (Å²) in [6.07, 6.45) is 3.47. The van der Waals surface area contributed by atoms with Crippen molar-refractivity contribution >= 4 is 39.3 Å². The van der Waals surface area contributed by atoms with Gasteiger partial charge in [-0.15, -0.1) is 0 Å². The Kier molecular flexibility index (Phi) is 4.91. The van der Waals surface area contributed by atoms with Gasteiger partial charge in [0, 0.05) is 18.0 Å². The van der Waals surface area contributed by atoms with Gasteiger partial charge in [0.2, 0.25) is 0 Å². The first-order valence-electron chi connectivity index (χ1n) is 11.4. The van der Waals surface area contributed by atoms with Crippen LogP contribution in [0.4, 0.5) is 5.13 Å². The predicted octanol–water partition coefficient (Wildman–Crippen LogP) is 4.48. The number of likely N-dealkylation sites (tertiary alicyclic amines) is 1. The van der Waals surface area contributed by atoms with Crippen molar-refractivity contribution in [2.45, 2.75) is 31.8 Å². The zero-order valence-electron chi connectivity index (χ0n) is 18.7. The van der Waals surface area contributed by atoms with Crippen LogP contribution in [0.5, 0.6) is 0 Å². The Labute approximate surface area is 200 Å². The van der Waals surface area contributed by atoms with Gasteiger partial charge in [0.25, 0.3) is 11.8 Å². The Hall–Kier alpha value is -3.65. The minimum absolute atomic E-state index is 0.0722. The third-order valence-corrected chi connectivity index (χ3v) is 7.74. The van der Waals surface area contributed by atoms with E-state index in [0.29, 0.717) is 34.4 Å². The van der Waals surface area contributed by atoms with Crippen LogP contribution in [-0.2, 0) is 0 Å². The number of nitrogens with two attached hydrogens (primary N) is 1. The van der Waals surface area contributed by atoms with Crippen molar-refractivity contribution in [3.05, 3.63) is 71.6 Å². The van der Waals surface area contributed by atoms with E-state index in [1.54, 1.807) is 24.5 Å². The van der Waals surface area contributed by atoms with E-state index in [2.05, 4.69) is 10.3 Å². The van der Waals surface area contributed by atoms with Crippen molar-refractivity contribution in [2.24, 2.45) is 5.92 Å². The third kappa shape index (κ3) is 3.54. The topological polar surface area (TPSA) is 101 Å². The highest BCUT2D eigenvalue weighted by molar-refractivity contribution is 7.19. The van der Waals surface area contributed by atoms with Crippen molar-refractivity contribution in [1.29, 1.82) is 0 Å². The maximum absolute atomic E-state index is 13.7. The molecule has 2 fully saturated rings. The average Bonchev–Trinajstić information content (AvgIpc) is 3.18. The largest absolute Gasteiger partial charge is 0.464 e. The molecule has 1 aliphatic carbocycles. The first kappa shape index (κ1) is 20.9. The molecule has 0 spiro atoms. The summed E-state index contributed by atoms with van der Waals surface area (Å²) in [7, 11) is 0. The van der Waals surface area contributed by atoms with E-state index in [0.717, 1.165) is 34.2 Å². The van der Waals surface area contributed by atoms with Crippen molar-refractivity contribution in [1.82, 2.24) is 15.2 Å². The minimum Gasteiger partial charge on any atom is -0.464 e. The third-order valence-electron chi connectivity index (χ3n) is 6.81. The molecule has 1 aliphatic heterocycles. The van der Waals surface area contributed by atoms with Crippen LogP contribution in [-0.4, -0.2) is 40.3 Å². The van der Waals surface area contributed by atoms with Crippen molar-refractivity contribution < 1.29 is 14.0 Å². The number of nitrogen functional groups attached to an aromatic ring is 1. The number of thiazole rings is 1. The summed E-state index contributed by atoms with van der Waals surface area (Å²) in [4.78, 5) is 33.8. The molecule has 1 saturated heterocycles. The predicted molar refractivity (Wildman–Crippen MR) is 132 cm³/mol. The van der Waals surface area contributed by atoms with Gasteiger partial charge in [-0.3, -0.25) is 9.59 Å². The molecule has 2 aromatic carbocycles. The van der Waals surface area contributed by atoms with E-state index in [-0.39, 0.29) is 23.9 Å². The van der Waals surface area contributed by atoms with Gasteiger partial charge in [0.15, 0.2) is 5.13 Å². The number of piperidine rings is 1. The second-order valence-corrected chi connectivity index (χ2v) is 10.1. The molecule has 2 amide bonds. The molecule has 2 aromatic heterocycles. The lowest BCUT2D eigenvalue weighted by atomic mass is 10.1. The molecule has 0 bridgehead atoms. The van der Waals surface area contributed by atoms with Crippen LogP contribution in [0.1, 0.15) is 39.3 Å². The number of furan rings is 1. The van der Waals surface area contributed by atoms with Crippen molar-refractivity contribution in [3.8, 4) is 10.4 Å². The number of fused-ring (bicyclic) bond motifs is 2. The van der Waals surface area contributed by atoms with Crippen LogP contribution in [0.2, 0.25) is 0 Å². The molecule has 8 heteroatoms. The fourth-order valence-electron chi connectivity index (χ4n) is 5.14. The number of nitrogens with one attached hydrogen (secondary N) is 1. The molecule has 34 heavy (non-hydrogen) atoms. The molecule has 7 nitrogen and oxygen atoms in total. The lowest BCUT2D eigenvalue weighted by Gasteiger charge is -2.27. The van der Waals surface area contributed by atoms with Gasteiger partial charge in [0.1, 0.15) is 11.3 Å². The van der Waals surface area contributed by atoms with Gasteiger partial charge in [-0.25, -0.2) is 4.98 Å². The van der Waals surface area contributed by atoms with Gasteiger partial charge in [-0.2, -0.15) is 0 Å². The van der Waals surface area contributed by atoms with E-state index in [9.17, 15) is 9.59 Å². The van der Waals surface area contributed by atoms with Crippen molar-refractivity contribution in [3.63, 3.8) is 0 Å². The zero-order valence-corrected chi connectivity index (χ0v) is 19.5. The highest BCUT2D eigenvalue weighted by Gasteiger charge is 2.54. The molecular weight excluding hydrogens is 448 g/mol. The summed E-state index contributed by atoms with van der Waals surface area (Å²) in [6.45, 7) is 2.42. The zero-order chi connectivity index (χ0) is 23.4. The average molecular weight is 473 g/mol. The highest BCUT2D eigenvalue weighted by atomic mass is 32.1. The molecule has 1 saturated carbocycles. The number of anilines is 1. The number of nitrogens with zero attached hydrogens (tertiary/aromatic N) is 2. The Bertz CT molecular complexity index is 1420. The van der Waals surface area contributed by atoms with Crippen LogP contribution in [0, 0.1) is 12.8 Å². The molecule has 2 unspecified atom stereocenters. The minimum atomic E-state index is -0.168. The fraction of sp³-hybridized carbons (Fsp3) is 0.269. The van der Waals surface area contributed by atoms with Gasteiger partial charge in [-0.1, -0.05) is 47.2 Å². The number of carbonyl (C=O) groups excluding carboxylic acids is 2. The smallest absolute Gasteiger partial charge is 0.274 e. The molecular formula is C26H24N4O3S. The van der Waals surface area contributed by atoms with E-state index < -0.39 is 0 Å². The maximum atomic E-state index is 13.7. The molecule has 4 aromatic rings. The Morgan fingerprint density at radius 2 is 2.06 bits per heavy atom. The van der Waals surface area contributed by atoms with E-state index >= 15 is 0 Å². The van der Waals surface area contributed by atoms with E-state index in [4.69, 9.17) is 10.2 Å². The number of carbonyl (C=O) groups is 2. The molecule has 3 atom stereocenters. The molecule has 3 N–H and O–H groups in total. The Morgan fingerprint density at radius 1 is 1.21 bits per heavy atom. The summed E-state index contributed by atoms with van der Waals surface area (Å²) < 4.78 is 5.41. The molecule has 3 heterocycles. The molecule has 0 radical (unpaired) electrons. The van der Waals surface area contributed by atoms with Gasteiger partial charge in [-0.05, 0) is 49.4 Å². The summed E-state index contributed by atoms with van der Waals surface area (Å²) in [5, 5.41) is 4.20. The SMILES string of the molecule is Cc1cccc(-c2sc(N)nc2C(=O)N2C3CC3C[C@H]2CNC(=O)c2cccc3occc23)c1. The molecule has 6 rings (SSSR count). The van der Waals surface area contributed by atoms with Gasteiger partial charge in [0.05, 0.1) is 22.7 Å². The number of hydrogen-bond acceptors (Lipinski definition) is 6. The number of aromatic nitrogens is 1. The van der Waals surface area contributed by atoms with E-state index in [1.807, 2.05) is 42.2 Å². The fourth-order valence-corrected chi connectivity index (χ4v) is 5.96. The second kappa shape index (κ2) is 7.99. The first-order chi connectivity index (χ1) is 16.5. The summed E-state index contributed by atoms with van der Waals surface area (Å²) in [5.74, 6) is 0.213. The number of benzene rings is 2. The number of amides is 2. The van der Waals surface area contributed by atoms with Crippen LogP contribution in [0.25, 0.3) is 21.4 Å². The molecule has 2 aliphatic rings. The molecule has 172 valence electrons. The van der Waals surface area contributed by atoms with Crippen LogP contribution < -0.4 is 11.1 Å². The van der Waals surface area contributed by atoms with Crippen molar-refractivity contribution in [2.75, 3.05) is 12.3 Å². The monoisotopic (exact) mass is 472 g/mol.